The van der Waals surface area contributed by atoms with E-state index in [-0.39, 0.29) is 11.9 Å². The Balaban J connectivity index is 1.40. The molecule has 1 N–H and O–H groups in total. The summed E-state index contributed by atoms with van der Waals surface area (Å²) in [5.74, 6) is 0.736. The number of imidazole rings is 1. The van der Waals surface area contributed by atoms with Gasteiger partial charge in [-0.25, -0.2) is 4.98 Å². The number of amides is 1. The van der Waals surface area contributed by atoms with E-state index in [9.17, 15) is 9.90 Å². The van der Waals surface area contributed by atoms with Crippen LogP contribution in [0.25, 0.3) is 11.8 Å². The summed E-state index contributed by atoms with van der Waals surface area (Å²) < 4.78 is 7.54. The number of piperidine rings is 1. The van der Waals surface area contributed by atoms with E-state index in [1.165, 1.54) is 0 Å². The number of methoxy groups -OCH3 is 1. The fourth-order valence-corrected chi connectivity index (χ4v) is 4.87. The molecular formula is C26H27N3O3. The molecule has 6 nitrogen and oxygen atoms in total. The summed E-state index contributed by atoms with van der Waals surface area (Å²) in [6, 6.07) is 13.6. The molecule has 0 radical (unpaired) electrons. The third-order valence-corrected chi connectivity index (χ3v) is 6.48. The van der Waals surface area contributed by atoms with Crippen LogP contribution >= 0.6 is 0 Å². The van der Waals surface area contributed by atoms with Crippen molar-refractivity contribution in [3.05, 3.63) is 82.9 Å². The molecule has 2 atom stereocenters. The molecule has 1 aliphatic carbocycles. The maximum absolute atomic E-state index is 13.4. The number of carbonyl (C=O) groups is 1. The molecule has 1 amide bonds. The van der Waals surface area contributed by atoms with Gasteiger partial charge < -0.3 is 19.3 Å². The highest BCUT2D eigenvalue weighted by molar-refractivity contribution is 5.99. The first-order chi connectivity index (χ1) is 15.5. The minimum atomic E-state index is -0.632. The van der Waals surface area contributed by atoms with Gasteiger partial charge in [-0.05, 0) is 61.1 Å². The number of benzene rings is 2. The molecule has 1 aromatic heterocycles. The van der Waals surface area contributed by atoms with E-state index in [2.05, 4.69) is 4.98 Å². The smallest absolute Gasteiger partial charge is 0.250 e. The van der Waals surface area contributed by atoms with Crippen LogP contribution in [0.5, 0.6) is 5.75 Å². The molecule has 2 heterocycles. The SMILES string of the molecule is COc1cc(C=C2CCCN([C@H]3Cc4ccccc4[C@@H]3O)C2=O)ccc1-n1cnc(C)c1. The van der Waals surface area contributed by atoms with Crippen LogP contribution < -0.4 is 4.74 Å². The Morgan fingerprint density at radius 3 is 2.81 bits per heavy atom. The van der Waals surface area contributed by atoms with Gasteiger partial charge in [0.1, 0.15) is 5.75 Å². The zero-order valence-electron chi connectivity index (χ0n) is 18.4. The van der Waals surface area contributed by atoms with Crippen molar-refractivity contribution in [2.75, 3.05) is 13.7 Å². The van der Waals surface area contributed by atoms with Crippen LogP contribution in [0.1, 0.15) is 41.3 Å². The second-order valence-electron chi connectivity index (χ2n) is 8.54. The van der Waals surface area contributed by atoms with Crippen LogP contribution in [-0.4, -0.2) is 45.2 Å². The van der Waals surface area contributed by atoms with E-state index in [1.54, 1.807) is 13.4 Å². The lowest BCUT2D eigenvalue weighted by atomic mass is 9.97. The normalized spacial score (nSPS) is 21.8. The van der Waals surface area contributed by atoms with Gasteiger partial charge in [0.2, 0.25) is 5.91 Å². The van der Waals surface area contributed by atoms with Crippen molar-refractivity contribution in [2.45, 2.75) is 38.3 Å². The lowest BCUT2D eigenvalue weighted by molar-refractivity contribution is -0.133. The first-order valence-electron chi connectivity index (χ1n) is 11.0. The van der Waals surface area contributed by atoms with Crippen LogP contribution in [0.15, 0.2) is 60.6 Å². The fourth-order valence-electron chi connectivity index (χ4n) is 4.87. The highest BCUT2D eigenvalue weighted by Gasteiger charge is 2.39. The molecule has 5 rings (SSSR count). The van der Waals surface area contributed by atoms with Crippen LogP contribution in [-0.2, 0) is 11.2 Å². The molecular weight excluding hydrogens is 402 g/mol. The maximum atomic E-state index is 13.4. The second kappa shape index (κ2) is 8.28. The van der Waals surface area contributed by atoms with E-state index in [1.807, 2.05) is 71.1 Å². The van der Waals surface area contributed by atoms with Crippen LogP contribution in [0.4, 0.5) is 0 Å². The molecule has 0 spiro atoms. The Bertz CT molecular complexity index is 1200. The summed E-state index contributed by atoms with van der Waals surface area (Å²) in [6.45, 7) is 2.62. The average molecular weight is 430 g/mol. The van der Waals surface area contributed by atoms with Gasteiger partial charge in [0, 0.05) is 18.3 Å². The molecule has 1 aliphatic heterocycles. The van der Waals surface area contributed by atoms with E-state index in [0.717, 1.165) is 52.2 Å². The van der Waals surface area contributed by atoms with E-state index < -0.39 is 6.10 Å². The Morgan fingerprint density at radius 1 is 1.22 bits per heavy atom. The van der Waals surface area contributed by atoms with E-state index in [4.69, 9.17) is 4.74 Å². The van der Waals surface area contributed by atoms with Crippen LogP contribution in [0.3, 0.4) is 0 Å². The molecule has 2 aliphatic rings. The highest BCUT2D eigenvalue weighted by Crippen LogP contribution is 2.37. The summed E-state index contributed by atoms with van der Waals surface area (Å²) in [6.07, 6.45) is 7.35. The number of ether oxygens (including phenoxy) is 1. The van der Waals surface area contributed by atoms with Crippen molar-refractivity contribution < 1.29 is 14.6 Å². The highest BCUT2D eigenvalue weighted by atomic mass is 16.5. The Morgan fingerprint density at radius 2 is 2.06 bits per heavy atom. The standard InChI is InChI=1S/C26H27N3O3/c1-17-15-28(16-27-17)22-10-9-18(13-24(22)32-2)12-20-7-5-11-29(26(20)31)23-14-19-6-3-4-8-21(19)25(23)30/h3-4,6,8-10,12-13,15-16,23,25,30H,5,7,11,14H2,1-2H3/t23-,25-/m0/s1. The Kier molecular flexibility index (Phi) is 5.31. The number of aliphatic hydroxyl groups is 1. The fraction of sp³-hybridized carbons (Fsp3) is 0.308. The van der Waals surface area contributed by atoms with Crippen molar-refractivity contribution in [3.63, 3.8) is 0 Å². The third kappa shape index (κ3) is 3.60. The van der Waals surface area contributed by atoms with Gasteiger partial charge in [0.05, 0.1) is 37.0 Å². The predicted molar refractivity (Wildman–Crippen MR) is 123 cm³/mol. The largest absolute Gasteiger partial charge is 0.495 e. The van der Waals surface area contributed by atoms with Crippen LogP contribution in [0.2, 0.25) is 0 Å². The van der Waals surface area contributed by atoms with Crippen molar-refractivity contribution >= 4 is 12.0 Å². The molecule has 3 aromatic rings. The number of nitrogens with zero attached hydrogens (tertiary/aromatic N) is 3. The van der Waals surface area contributed by atoms with Crippen molar-refractivity contribution in [3.8, 4) is 11.4 Å². The minimum absolute atomic E-state index is 0.0152. The summed E-state index contributed by atoms with van der Waals surface area (Å²) in [4.78, 5) is 19.5. The number of aryl methyl sites for hydroxylation is 1. The number of rotatable bonds is 4. The minimum Gasteiger partial charge on any atom is -0.495 e. The number of hydrogen-bond acceptors (Lipinski definition) is 4. The summed E-state index contributed by atoms with van der Waals surface area (Å²) in [5.41, 5.74) is 5.59. The summed E-state index contributed by atoms with van der Waals surface area (Å²) >= 11 is 0. The van der Waals surface area contributed by atoms with Crippen molar-refractivity contribution in [1.29, 1.82) is 0 Å². The Labute approximate surface area is 187 Å². The lowest BCUT2D eigenvalue weighted by Gasteiger charge is -2.35. The van der Waals surface area contributed by atoms with Crippen molar-refractivity contribution in [2.24, 2.45) is 0 Å². The van der Waals surface area contributed by atoms with Crippen molar-refractivity contribution in [1.82, 2.24) is 14.5 Å². The lowest BCUT2D eigenvalue weighted by Crippen LogP contribution is -2.46. The first kappa shape index (κ1) is 20.5. The zero-order chi connectivity index (χ0) is 22.2. The second-order valence-corrected chi connectivity index (χ2v) is 8.54. The Hall–Kier alpha value is -3.38. The summed E-state index contributed by atoms with van der Waals surface area (Å²) in [7, 11) is 1.65. The zero-order valence-corrected chi connectivity index (χ0v) is 18.4. The number of aliphatic hydroxyl groups excluding tert-OH is 1. The molecule has 0 bridgehead atoms. The number of fused-ring (bicyclic) bond motifs is 1. The van der Waals surface area contributed by atoms with Gasteiger partial charge in [-0.2, -0.15) is 0 Å². The number of likely N-dealkylation sites (tertiary alicyclic amines) is 1. The maximum Gasteiger partial charge on any atom is 0.250 e. The van der Waals surface area contributed by atoms with Gasteiger partial charge >= 0.3 is 0 Å². The number of aromatic nitrogens is 2. The monoisotopic (exact) mass is 429 g/mol. The van der Waals surface area contributed by atoms with Gasteiger partial charge in [-0.15, -0.1) is 0 Å². The molecule has 6 heteroatoms. The third-order valence-electron chi connectivity index (χ3n) is 6.48. The molecule has 0 unspecified atom stereocenters. The molecule has 1 saturated heterocycles. The molecule has 0 saturated carbocycles. The molecule has 164 valence electrons. The predicted octanol–water partition coefficient (Wildman–Crippen LogP) is 3.85. The topological polar surface area (TPSA) is 67.6 Å². The quantitative estimate of drug-likeness (QED) is 0.640. The average Bonchev–Trinajstić information content (AvgIpc) is 3.38. The van der Waals surface area contributed by atoms with Gasteiger partial charge in [-0.1, -0.05) is 30.3 Å². The van der Waals surface area contributed by atoms with Crippen LogP contribution in [0, 0.1) is 6.92 Å². The first-order valence-corrected chi connectivity index (χ1v) is 11.0. The van der Waals surface area contributed by atoms with Gasteiger partial charge in [-0.3, -0.25) is 4.79 Å². The summed E-state index contributed by atoms with van der Waals surface area (Å²) in [5, 5.41) is 10.9. The van der Waals surface area contributed by atoms with E-state index >= 15 is 0 Å². The van der Waals surface area contributed by atoms with Gasteiger partial charge in [0.25, 0.3) is 0 Å². The van der Waals surface area contributed by atoms with E-state index in [0.29, 0.717) is 13.0 Å². The van der Waals surface area contributed by atoms with Gasteiger partial charge in [0.15, 0.2) is 0 Å². The number of hydrogen-bond donors (Lipinski definition) is 1. The molecule has 32 heavy (non-hydrogen) atoms. The molecule has 2 aromatic carbocycles. The number of carbonyl (C=O) groups excluding carboxylic acids is 1. The molecule has 1 fully saturated rings.